The normalized spacial score (nSPS) is 18.6. The molecule has 0 unspecified atom stereocenters. The molecule has 0 aliphatic carbocycles. The Labute approximate surface area is 188 Å². The SMILES string of the molecule is CCOP(=S)(OCC)OP1(OCC)(OP(=S)(OCC)OCC)Oc2ccccc2O1. The van der Waals surface area contributed by atoms with Crippen LogP contribution in [-0.4, -0.2) is 33.0 Å². The quantitative estimate of drug-likeness (QED) is 0.260. The summed E-state index contributed by atoms with van der Waals surface area (Å²) in [5.74, 6) is 0.681. The molecule has 1 aliphatic heterocycles. The van der Waals surface area contributed by atoms with Crippen molar-refractivity contribution in [2.24, 2.45) is 0 Å². The van der Waals surface area contributed by atoms with Gasteiger partial charge in [-0.15, -0.1) is 0 Å². The van der Waals surface area contributed by atoms with E-state index in [1.807, 2.05) is 0 Å². The van der Waals surface area contributed by atoms with Crippen molar-refractivity contribution in [3.63, 3.8) is 0 Å². The molecule has 174 valence electrons. The standard InChI is InChI=1S/C16H29O9P3S2/c1-6-17-26(29,18-7-2)24-28(21-10-5,25-27(30,19-8-3)20-9-4)22-15-13-11-12-14-16(15)23-28/h11-14H,6-10H2,1-5H3. The van der Waals surface area contributed by atoms with E-state index in [1.54, 1.807) is 58.9 Å². The summed E-state index contributed by atoms with van der Waals surface area (Å²) < 4.78 is 53.3. The second kappa shape index (κ2) is 10.9. The van der Waals surface area contributed by atoms with Crippen molar-refractivity contribution in [2.45, 2.75) is 34.6 Å². The zero-order chi connectivity index (χ0) is 22.3. The predicted octanol–water partition coefficient (Wildman–Crippen LogP) is 6.25. The summed E-state index contributed by atoms with van der Waals surface area (Å²) in [6.45, 7) is 2.94. The Bertz CT molecular complexity index is 729. The zero-order valence-electron chi connectivity index (χ0n) is 17.7. The van der Waals surface area contributed by atoms with Crippen LogP contribution < -0.4 is 9.05 Å². The summed E-state index contributed by atoms with van der Waals surface area (Å²) in [5, 5.41) is 0. The van der Waals surface area contributed by atoms with E-state index in [9.17, 15) is 0 Å². The molecule has 1 aromatic rings. The van der Waals surface area contributed by atoms with Crippen molar-refractivity contribution in [3.05, 3.63) is 24.3 Å². The van der Waals surface area contributed by atoms with E-state index in [-0.39, 0.29) is 33.0 Å². The van der Waals surface area contributed by atoms with Gasteiger partial charge in [0.25, 0.3) is 0 Å². The van der Waals surface area contributed by atoms with Crippen molar-refractivity contribution in [2.75, 3.05) is 33.0 Å². The van der Waals surface area contributed by atoms with Crippen LogP contribution in [0.15, 0.2) is 24.3 Å². The number of fused-ring (bicyclic) bond motifs is 1. The molecule has 0 radical (unpaired) electrons. The van der Waals surface area contributed by atoms with Crippen LogP contribution in [0.25, 0.3) is 0 Å². The van der Waals surface area contributed by atoms with Crippen LogP contribution in [0.4, 0.5) is 0 Å². The van der Waals surface area contributed by atoms with E-state index in [0.717, 1.165) is 0 Å². The molecule has 14 heteroatoms. The Kier molecular flexibility index (Phi) is 9.66. The Morgan fingerprint density at radius 3 is 1.37 bits per heavy atom. The van der Waals surface area contributed by atoms with Gasteiger partial charge in [-0.05, 0) is 0 Å². The molecule has 0 bridgehead atoms. The minimum absolute atomic E-state index is 0.0903. The van der Waals surface area contributed by atoms with E-state index in [2.05, 4.69) is 0 Å². The number of hydrogen-bond acceptors (Lipinski definition) is 11. The third-order valence-electron chi connectivity index (χ3n) is 3.30. The monoisotopic (exact) mass is 522 g/mol. The van der Waals surface area contributed by atoms with Gasteiger partial charge in [-0.2, -0.15) is 0 Å². The minimum atomic E-state index is -5.02. The summed E-state index contributed by atoms with van der Waals surface area (Å²) in [6, 6.07) is 6.91. The van der Waals surface area contributed by atoms with Gasteiger partial charge in [-0.3, -0.25) is 0 Å². The molecular formula is C16H29O9P3S2. The van der Waals surface area contributed by atoms with Crippen LogP contribution in [0.2, 0.25) is 0 Å². The van der Waals surface area contributed by atoms with E-state index in [0.29, 0.717) is 11.5 Å². The van der Waals surface area contributed by atoms with Gasteiger partial charge in [0.15, 0.2) is 0 Å². The third-order valence-corrected chi connectivity index (χ3v) is 13.5. The molecule has 1 heterocycles. The third kappa shape index (κ3) is 6.19. The summed E-state index contributed by atoms with van der Waals surface area (Å²) in [4.78, 5) is 0. The van der Waals surface area contributed by atoms with E-state index < -0.39 is 21.2 Å². The number of benzene rings is 1. The van der Waals surface area contributed by atoms with E-state index in [1.165, 1.54) is 0 Å². The van der Waals surface area contributed by atoms with Gasteiger partial charge in [-0.25, -0.2) is 0 Å². The fourth-order valence-electron chi connectivity index (χ4n) is 2.46. The van der Waals surface area contributed by atoms with Gasteiger partial charge >= 0.3 is 188 Å². The number of rotatable bonds is 14. The van der Waals surface area contributed by atoms with Crippen molar-refractivity contribution < 1.29 is 40.3 Å². The van der Waals surface area contributed by atoms with Crippen molar-refractivity contribution in [3.8, 4) is 11.5 Å². The Morgan fingerprint density at radius 2 is 1.07 bits per heavy atom. The van der Waals surface area contributed by atoms with E-state index in [4.69, 9.17) is 63.9 Å². The summed E-state index contributed by atoms with van der Waals surface area (Å²) in [7, 11) is -5.02. The topological polar surface area (TPSA) is 83.1 Å². The predicted molar refractivity (Wildman–Crippen MR) is 123 cm³/mol. The van der Waals surface area contributed by atoms with Crippen LogP contribution in [0.5, 0.6) is 11.5 Å². The molecule has 0 saturated carbocycles. The molecule has 0 spiro atoms. The van der Waals surface area contributed by atoms with E-state index >= 15 is 0 Å². The fraction of sp³-hybridized carbons (Fsp3) is 0.625. The first-order valence-corrected chi connectivity index (χ1v) is 16.5. The summed E-state index contributed by atoms with van der Waals surface area (Å²) >= 11 is 11.2. The summed E-state index contributed by atoms with van der Waals surface area (Å²) in [5.41, 5.74) is 0. The molecule has 9 nitrogen and oxygen atoms in total. The van der Waals surface area contributed by atoms with Crippen LogP contribution in [0.1, 0.15) is 34.6 Å². The molecule has 1 aromatic carbocycles. The van der Waals surface area contributed by atoms with Crippen molar-refractivity contribution in [1.29, 1.82) is 0 Å². The first kappa shape index (κ1) is 26.5. The summed E-state index contributed by atoms with van der Waals surface area (Å²) in [6.07, 6.45) is 0. The Balaban J connectivity index is 2.63. The van der Waals surface area contributed by atoms with Crippen molar-refractivity contribution >= 4 is 44.8 Å². The van der Waals surface area contributed by atoms with Gasteiger partial charge < -0.3 is 0 Å². The molecule has 0 amide bonds. The van der Waals surface area contributed by atoms with Gasteiger partial charge in [0.05, 0.1) is 0 Å². The molecule has 0 atom stereocenters. The molecule has 0 saturated heterocycles. The average molecular weight is 522 g/mol. The van der Waals surface area contributed by atoms with Gasteiger partial charge in [-0.1, -0.05) is 0 Å². The number of hydrogen-bond donors (Lipinski definition) is 0. The number of para-hydroxylation sites is 2. The second-order valence-corrected chi connectivity index (χ2v) is 14.4. The maximum absolute atomic E-state index is 6.19. The molecule has 2 rings (SSSR count). The fourth-order valence-corrected chi connectivity index (χ4v) is 13.3. The molecular weight excluding hydrogens is 493 g/mol. The second-order valence-electron chi connectivity index (χ2n) is 5.52. The van der Waals surface area contributed by atoms with Crippen LogP contribution in [-0.2, 0) is 54.9 Å². The van der Waals surface area contributed by atoms with Crippen LogP contribution >= 0.6 is 21.2 Å². The maximum atomic E-state index is 6.19. The molecule has 0 aromatic heterocycles. The van der Waals surface area contributed by atoms with Crippen LogP contribution in [0, 0.1) is 0 Å². The van der Waals surface area contributed by atoms with Gasteiger partial charge in [0, 0.05) is 0 Å². The molecule has 0 fully saturated rings. The Hall–Kier alpha value is 0.270. The molecule has 0 N–H and O–H groups in total. The molecule has 1 aliphatic rings. The first-order valence-electron chi connectivity index (χ1n) is 9.59. The van der Waals surface area contributed by atoms with Gasteiger partial charge in [0.2, 0.25) is 0 Å². The van der Waals surface area contributed by atoms with Crippen molar-refractivity contribution in [1.82, 2.24) is 0 Å². The Morgan fingerprint density at radius 1 is 0.700 bits per heavy atom. The average Bonchev–Trinajstić information content (AvgIpc) is 2.95. The molecule has 30 heavy (non-hydrogen) atoms. The zero-order valence-corrected chi connectivity index (χ0v) is 22.0. The van der Waals surface area contributed by atoms with Crippen LogP contribution in [0.3, 0.4) is 0 Å². The van der Waals surface area contributed by atoms with Gasteiger partial charge in [0.1, 0.15) is 0 Å². The first-order chi connectivity index (χ1) is 14.2.